The monoisotopic (exact) mass is 600 g/mol. The molecule has 1 N–H and O–H groups in total. The SMILES string of the molecule is Cc1c(NS(C)(=O)=O)cccc1N(Cc1ccc(C#N)cc1)Cc1ccc(Oc2cccc(C=Cc3cccnc3)c2)cc1. The first-order valence-electron chi connectivity index (χ1n) is 14.0. The molecular formula is C36H32N4O3S. The van der Waals surface area contributed by atoms with Gasteiger partial charge in [0.25, 0.3) is 0 Å². The highest BCUT2D eigenvalue weighted by Crippen LogP contribution is 2.31. The van der Waals surface area contributed by atoms with Gasteiger partial charge in [0.2, 0.25) is 10.0 Å². The van der Waals surface area contributed by atoms with Crippen molar-refractivity contribution in [3.05, 3.63) is 149 Å². The number of ether oxygens (including phenoxy) is 1. The van der Waals surface area contributed by atoms with Gasteiger partial charge in [-0.3, -0.25) is 9.71 Å². The minimum absolute atomic E-state index is 0.538. The summed E-state index contributed by atoms with van der Waals surface area (Å²) in [5.74, 6) is 1.45. The van der Waals surface area contributed by atoms with Crippen LogP contribution >= 0.6 is 0 Å². The minimum atomic E-state index is -3.44. The van der Waals surface area contributed by atoms with E-state index in [2.05, 4.69) is 20.7 Å². The molecular weight excluding hydrogens is 568 g/mol. The number of pyridine rings is 1. The van der Waals surface area contributed by atoms with Crippen molar-refractivity contribution in [2.45, 2.75) is 20.0 Å². The summed E-state index contributed by atoms with van der Waals surface area (Å²) in [6.45, 7) is 3.04. The third-order valence-electron chi connectivity index (χ3n) is 6.94. The molecule has 5 aromatic rings. The lowest BCUT2D eigenvalue weighted by Gasteiger charge is -2.28. The average Bonchev–Trinajstić information content (AvgIpc) is 3.02. The van der Waals surface area contributed by atoms with Gasteiger partial charge < -0.3 is 9.64 Å². The van der Waals surface area contributed by atoms with Crippen molar-refractivity contribution in [3.8, 4) is 17.6 Å². The molecule has 1 heterocycles. The maximum atomic E-state index is 12.0. The van der Waals surface area contributed by atoms with E-state index >= 15 is 0 Å². The number of hydrogen-bond donors (Lipinski definition) is 1. The second-order valence-corrected chi connectivity index (χ2v) is 12.2. The van der Waals surface area contributed by atoms with Crippen molar-refractivity contribution in [1.82, 2.24) is 4.98 Å². The van der Waals surface area contributed by atoms with Gasteiger partial charge in [-0.15, -0.1) is 0 Å². The molecule has 0 saturated heterocycles. The third-order valence-corrected chi connectivity index (χ3v) is 7.53. The number of anilines is 2. The quantitative estimate of drug-likeness (QED) is 0.166. The van der Waals surface area contributed by atoms with Gasteiger partial charge in [-0.25, -0.2) is 8.42 Å². The highest BCUT2D eigenvalue weighted by atomic mass is 32.2. The van der Waals surface area contributed by atoms with Crippen molar-refractivity contribution < 1.29 is 13.2 Å². The third kappa shape index (κ3) is 8.34. The molecule has 220 valence electrons. The fourth-order valence-corrected chi connectivity index (χ4v) is 5.40. The van der Waals surface area contributed by atoms with Gasteiger partial charge in [-0.05, 0) is 89.3 Å². The highest BCUT2D eigenvalue weighted by molar-refractivity contribution is 7.92. The zero-order valence-corrected chi connectivity index (χ0v) is 25.3. The maximum Gasteiger partial charge on any atom is 0.229 e. The number of nitriles is 1. The van der Waals surface area contributed by atoms with E-state index in [-0.39, 0.29) is 0 Å². The van der Waals surface area contributed by atoms with Crippen LogP contribution in [0.2, 0.25) is 0 Å². The Balaban J connectivity index is 1.35. The van der Waals surface area contributed by atoms with Gasteiger partial charge in [-0.2, -0.15) is 5.26 Å². The van der Waals surface area contributed by atoms with Gasteiger partial charge in [0.15, 0.2) is 0 Å². The largest absolute Gasteiger partial charge is 0.457 e. The Morgan fingerprint density at radius 3 is 2.16 bits per heavy atom. The summed E-state index contributed by atoms with van der Waals surface area (Å²) >= 11 is 0. The van der Waals surface area contributed by atoms with E-state index < -0.39 is 10.0 Å². The summed E-state index contributed by atoms with van der Waals surface area (Å²) in [6, 6.07) is 35.0. The number of sulfonamides is 1. The Bertz CT molecular complexity index is 1900. The Kier molecular flexibility index (Phi) is 9.38. The van der Waals surface area contributed by atoms with Crippen LogP contribution in [0.3, 0.4) is 0 Å². The number of rotatable bonds is 11. The Labute approximate surface area is 258 Å². The van der Waals surface area contributed by atoms with Crippen molar-refractivity contribution >= 4 is 33.6 Å². The second-order valence-electron chi connectivity index (χ2n) is 10.4. The van der Waals surface area contributed by atoms with Crippen LogP contribution in [0.1, 0.15) is 33.4 Å². The van der Waals surface area contributed by atoms with E-state index in [1.165, 1.54) is 0 Å². The fraction of sp³-hybridized carbons (Fsp3) is 0.111. The summed E-state index contributed by atoms with van der Waals surface area (Å²) in [5, 5.41) is 9.21. The van der Waals surface area contributed by atoms with Crippen LogP contribution < -0.4 is 14.4 Å². The second kappa shape index (κ2) is 13.7. The maximum absolute atomic E-state index is 12.0. The first kappa shape index (κ1) is 30.1. The molecule has 0 amide bonds. The molecule has 0 radical (unpaired) electrons. The molecule has 4 aromatic carbocycles. The first-order valence-corrected chi connectivity index (χ1v) is 15.9. The number of nitrogens with one attached hydrogen (secondary N) is 1. The zero-order chi connectivity index (χ0) is 30.9. The summed E-state index contributed by atoms with van der Waals surface area (Å²) in [5.41, 5.74) is 6.99. The molecule has 0 atom stereocenters. The van der Waals surface area contributed by atoms with Crippen molar-refractivity contribution in [1.29, 1.82) is 5.26 Å². The van der Waals surface area contributed by atoms with Crippen molar-refractivity contribution in [3.63, 3.8) is 0 Å². The van der Waals surface area contributed by atoms with E-state index in [0.29, 0.717) is 24.3 Å². The summed E-state index contributed by atoms with van der Waals surface area (Å²) in [6.07, 6.45) is 8.75. The molecule has 44 heavy (non-hydrogen) atoms. The Morgan fingerprint density at radius 2 is 1.50 bits per heavy atom. The molecule has 0 unspecified atom stereocenters. The topological polar surface area (TPSA) is 95.3 Å². The summed E-state index contributed by atoms with van der Waals surface area (Å²) < 4.78 is 32.7. The van der Waals surface area contributed by atoms with Crippen LogP contribution in [-0.2, 0) is 23.1 Å². The molecule has 5 rings (SSSR count). The molecule has 0 spiro atoms. The molecule has 8 heteroatoms. The van der Waals surface area contributed by atoms with E-state index in [1.54, 1.807) is 24.4 Å². The number of hydrogen-bond acceptors (Lipinski definition) is 6. The van der Waals surface area contributed by atoms with Crippen LogP contribution in [0, 0.1) is 18.3 Å². The molecule has 0 saturated carbocycles. The van der Waals surface area contributed by atoms with Crippen molar-refractivity contribution in [2.24, 2.45) is 0 Å². The molecule has 1 aromatic heterocycles. The molecule has 0 fully saturated rings. The van der Waals surface area contributed by atoms with Gasteiger partial charge in [0.05, 0.1) is 23.6 Å². The number of aromatic nitrogens is 1. The van der Waals surface area contributed by atoms with Crippen LogP contribution in [0.5, 0.6) is 11.5 Å². The van der Waals surface area contributed by atoms with Gasteiger partial charge in [0, 0.05) is 31.2 Å². The molecule has 7 nitrogen and oxygen atoms in total. The Morgan fingerprint density at radius 1 is 0.841 bits per heavy atom. The van der Waals surface area contributed by atoms with Crippen LogP contribution in [0.25, 0.3) is 12.2 Å². The lowest BCUT2D eigenvalue weighted by molar-refractivity contribution is 0.482. The molecule has 0 aliphatic rings. The molecule has 0 aliphatic heterocycles. The summed E-state index contributed by atoms with van der Waals surface area (Å²) in [7, 11) is -3.44. The zero-order valence-electron chi connectivity index (χ0n) is 24.5. The van der Waals surface area contributed by atoms with Crippen LogP contribution in [0.4, 0.5) is 11.4 Å². The lowest BCUT2D eigenvalue weighted by Crippen LogP contribution is -2.23. The van der Waals surface area contributed by atoms with E-state index in [1.807, 2.05) is 110 Å². The minimum Gasteiger partial charge on any atom is -0.457 e. The predicted molar refractivity (Wildman–Crippen MR) is 177 cm³/mol. The fourth-order valence-electron chi connectivity index (χ4n) is 4.78. The lowest BCUT2D eigenvalue weighted by atomic mass is 10.1. The highest BCUT2D eigenvalue weighted by Gasteiger charge is 2.15. The molecule has 0 bridgehead atoms. The van der Waals surface area contributed by atoms with Crippen LogP contribution in [-0.4, -0.2) is 19.7 Å². The normalized spacial score (nSPS) is 11.2. The summed E-state index contributed by atoms with van der Waals surface area (Å²) in [4.78, 5) is 6.34. The smallest absolute Gasteiger partial charge is 0.229 e. The first-order chi connectivity index (χ1) is 21.3. The van der Waals surface area contributed by atoms with E-state index in [9.17, 15) is 13.7 Å². The number of nitrogens with zero attached hydrogens (tertiary/aromatic N) is 3. The van der Waals surface area contributed by atoms with Gasteiger partial charge in [-0.1, -0.05) is 60.7 Å². The van der Waals surface area contributed by atoms with Crippen molar-refractivity contribution in [2.75, 3.05) is 15.9 Å². The number of benzene rings is 4. The van der Waals surface area contributed by atoms with E-state index in [0.717, 1.165) is 51.3 Å². The van der Waals surface area contributed by atoms with Gasteiger partial charge in [0.1, 0.15) is 11.5 Å². The molecule has 0 aliphatic carbocycles. The van der Waals surface area contributed by atoms with Gasteiger partial charge >= 0.3 is 0 Å². The Hall–Kier alpha value is -5.39. The predicted octanol–water partition coefficient (Wildman–Crippen LogP) is 7.80. The van der Waals surface area contributed by atoms with Crippen LogP contribution in [0.15, 0.2) is 116 Å². The standard InChI is InChI=1S/C36H32N4O3S/c1-27-35(39-44(2,41)42)9-4-10-36(27)40(25-31-15-12-29(23-37)13-16-31)26-32-17-19-33(20-18-32)43-34-8-3-6-28(22-34)11-14-30-7-5-21-38-24-30/h3-22,24,39H,25-26H2,1-2H3. The van der Waals surface area contributed by atoms with E-state index in [4.69, 9.17) is 4.74 Å². The average molecular weight is 601 g/mol.